The van der Waals surface area contributed by atoms with Gasteiger partial charge in [0.15, 0.2) is 0 Å². The van der Waals surface area contributed by atoms with E-state index in [1.807, 2.05) is 43.9 Å². The molecule has 6 rings (SSSR count). The normalized spacial score (nSPS) is 16.3. The minimum atomic E-state index is 0.0133. The molecule has 3 heterocycles. The van der Waals surface area contributed by atoms with Crippen LogP contribution in [0.25, 0.3) is 11.1 Å². The summed E-state index contributed by atoms with van der Waals surface area (Å²) in [4.78, 5) is 18.3. The molecule has 0 saturated carbocycles. The highest BCUT2D eigenvalue weighted by Gasteiger charge is 2.22. The van der Waals surface area contributed by atoms with Crippen molar-refractivity contribution < 1.29 is 23.5 Å². The summed E-state index contributed by atoms with van der Waals surface area (Å²) in [6.45, 7) is 11.3. The van der Waals surface area contributed by atoms with Crippen LogP contribution in [-0.2, 0) is 22.4 Å². The molecule has 4 aromatic rings. The van der Waals surface area contributed by atoms with Crippen molar-refractivity contribution in [2.24, 2.45) is 0 Å². The Morgan fingerprint density at radius 1 is 0.814 bits per heavy atom. The molecule has 8 nitrogen and oxygen atoms in total. The lowest BCUT2D eigenvalue weighted by atomic mass is 9.96. The average Bonchev–Trinajstić information content (AvgIpc) is 3.36. The maximum Gasteiger partial charge on any atom is 0.254 e. The van der Waals surface area contributed by atoms with Crippen molar-refractivity contribution in [3.05, 3.63) is 99.9 Å². The number of morpholine rings is 1. The van der Waals surface area contributed by atoms with Crippen LogP contribution in [0.3, 0.4) is 0 Å². The van der Waals surface area contributed by atoms with Crippen LogP contribution in [-0.4, -0.2) is 68.6 Å². The predicted molar refractivity (Wildman–Crippen MR) is 166 cm³/mol. The molecule has 2 bridgehead atoms. The first-order valence-electron chi connectivity index (χ1n) is 15.0. The Bertz CT molecular complexity index is 1570. The van der Waals surface area contributed by atoms with Crippen molar-refractivity contribution in [2.75, 3.05) is 57.6 Å². The van der Waals surface area contributed by atoms with Crippen LogP contribution in [0.1, 0.15) is 44.1 Å². The molecular formula is C35H39N3O5. The molecule has 1 amide bonds. The largest absolute Gasteiger partial charge is 0.491 e. The van der Waals surface area contributed by atoms with E-state index in [-0.39, 0.29) is 5.91 Å². The summed E-state index contributed by atoms with van der Waals surface area (Å²) in [6, 6.07) is 20.8. The molecule has 0 N–H and O–H groups in total. The molecule has 8 heteroatoms. The first-order chi connectivity index (χ1) is 21.0. The highest BCUT2D eigenvalue weighted by molar-refractivity contribution is 5.97. The molecule has 1 aromatic heterocycles. The lowest BCUT2D eigenvalue weighted by Gasteiger charge is -2.31. The summed E-state index contributed by atoms with van der Waals surface area (Å²) in [5, 5.41) is 4.14. The van der Waals surface area contributed by atoms with E-state index in [2.05, 4.69) is 52.5 Å². The molecule has 2 aliphatic rings. The van der Waals surface area contributed by atoms with Crippen LogP contribution in [0.15, 0.2) is 65.2 Å². The Morgan fingerprint density at radius 3 is 2.40 bits per heavy atom. The lowest BCUT2D eigenvalue weighted by molar-refractivity contribution is 0.0571. The van der Waals surface area contributed by atoms with Gasteiger partial charge in [0.2, 0.25) is 0 Å². The minimum Gasteiger partial charge on any atom is -0.491 e. The van der Waals surface area contributed by atoms with Crippen molar-refractivity contribution in [3.8, 4) is 16.9 Å². The summed E-state index contributed by atoms with van der Waals surface area (Å²) < 4.78 is 23.2. The van der Waals surface area contributed by atoms with Gasteiger partial charge >= 0.3 is 0 Å². The molecule has 0 unspecified atom stereocenters. The molecule has 0 spiro atoms. The molecule has 1 saturated heterocycles. The Hall–Kier alpha value is -4.14. The van der Waals surface area contributed by atoms with Gasteiger partial charge in [-0.05, 0) is 72.9 Å². The number of anilines is 1. The number of carbonyl (C=O) groups is 1. The second-order valence-electron chi connectivity index (χ2n) is 11.3. The van der Waals surface area contributed by atoms with Crippen LogP contribution in [0.2, 0.25) is 0 Å². The Balaban J connectivity index is 1.29. The van der Waals surface area contributed by atoms with Gasteiger partial charge in [0.25, 0.3) is 5.91 Å². The number of hydrogen-bond donors (Lipinski definition) is 0. The van der Waals surface area contributed by atoms with Crippen molar-refractivity contribution in [1.82, 2.24) is 10.1 Å². The van der Waals surface area contributed by atoms with Gasteiger partial charge in [0, 0.05) is 49.4 Å². The fourth-order valence-electron chi connectivity index (χ4n) is 6.10. The lowest BCUT2D eigenvalue weighted by Crippen LogP contribution is -2.37. The zero-order valence-corrected chi connectivity index (χ0v) is 25.2. The van der Waals surface area contributed by atoms with Gasteiger partial charge in [0.1, 0.15) is 18.1 Å². The molecule has 224 valence electrons. The smallest absolute Gasteiger partial charge is 0.254 e. The number of ether oxygens (including phenoxy) is 3. The quantitative estimate of drug-likeness (QED) is 0.305. The van der Waals surface area contributed by atoms with Gasteiger partial charge in [0.05, 0.1) is 32.1 Å². The summed E-state index contributed by atoms with van der Waals surface area (Å²) in [5.74, 6) is 1.65. The van der Waals surface area contributed by atoms with Crippen LogP contribution in [0.5, 0.6) is 5.75 Å². The highest BCUT2D eigenvalue weighted by atomic mass is 16.5. The second-order valence-corrected chi connectivity index (χ2v) is 11.3. The van der Waals surface area contributed by atoms with Gasteiger partial charge < -0.3 is 28.5 Å². The topological polar surface area (TPSA) is 77.3 Å². The summed E-state index contributed by atoms with van der Waals surface area (Å²) >= 11 is 0. The SMILES string of the molecule is Cc1noc(C)c1-c1ccc2c(c1)Cc1cccc(c1)CN(C(=O)c1cccc(N3CCOCC3)c1C)CCOCCO2. The fraction of sp³-hybridized carbons (Fsp3) is 0.371. The van der Waals surface area contributed by atoms with Gasteiger partial charge in [-0.1, -0.05) is 41.6 Å². The number of nitrogens with zero attached hydrogens (tertiary/aromatic N) is 3. The third-order valence-corrected chi connectivity index (χ3v) is 8.31. The third kappa shape index (κ3) is 6.45. The summed E-state index contributed by atoms with van der Waals surface area (Å²) in [7, 11) is 0. The predicted octanol–water partition coefficient (Wildman–Crippen LogP) is 5.75. The molecule has 0 radical (unpaired) electrons. The van der Waals surface area contributed by atoms with Gasteiger partial charge in [-0.2, -0.15) is 0 Å². The van der Waals surface area contributed by atoms with Crippen molar-refractivity contribution in [2.45, 2.75) is 33.7 Å². The van der Waals surface area contributed by atoms with E-state index in [9.17, 15) is 4.79 Å². The molecule has 2 aliphatic heterocycles. The number of aryl methyl sites for hydroxylation is 2. The van der Waals surface area contributed by atoms with Crippen LogP contribution >= 0.6 is 0 Å². The number of fused-ring (bicyclic) bond motifs is 3. The summed E-state index contributed by atoms with van der Waals surface area (Å²) in [6.07, 6.45) is 0.690. The molecule has 1 fully saturated rings. The minimum absolute atomic E-state index is 0.0133. The van der Waals surface area contributed by atoms with Gasteiger partial charge in [-0.3, -0.25) is 4.79 Å². The van der Waals surface area contributed by atoms with E-state index in [4.69, 9.17) is 18.7 Å². The van der Waals surface area contributed by atoms with E-state index < -0.39 is 0 Å². The Morgan fingerprint density at radius 2 is 1.58 bits per heavy atom. The molecule has 43 heavy (non-hydrogen) atoms. The van der Waals surface area contributed by atoms with Crippen molar-refractivity contribution >= 4 is 11.6 Å². The number of hydrogen-bond acceptors (Lipinski definition) is 7. The van der Waals surface area contributed by atoms with E-state index >= 15 is 0 Å². The fourth-order valence-corrected chi connectivity index (χ4v) is 6.10. The third-order valence-electron chi connectivity index (χ3n) is 8.31. The first-order valence-corrected chi connectivity index (χ1v) is 15.0. The van der Waals surface area contributed by atoms with Crippen LogP contribution < -0.4 is 9.64 Å². The number of aromatic nitrogens is 1. The van der Waals surface area contributed by atoms with Crippen LogP contribution in [0.4, 0.5) is 5.69 Å². The highest BCUT2D eigenvalue weighted by Crippen LogP contribution is 2.33. The monoisotopic (exact) mass is 581 g/mol. The van der Waals surface area contributed by atoms with Crippen LogP contribution in [0, 0.1) is 20.8 Å². The molecule has 0 atom stereocenters. The zero-order valence-electron chi connectivity index (χ0n) is 25.2. The maximum atomic E-state index is 14.0. The first kappa shape index (κ1) is 29.0. The second kappa shape index (κ2) is 13.0. The standard InChI is InChI=1S/C35H39N3O5/c1-24-31(8-5-9-32(24)37-12-15-40-16-13-37)35(39)38-14-17-41-18-19-42-33-11-10-29(34-25(2)36-43-26(34)3)22-30(33)21-27-6-4-7-28(20-27)23-38/h4-11,20,22H,12-19,21,23H2,1-3H3. The Kier molecular flexibility index (Phi) is 8.77. The molecule has 0 aliphatic carbocycles. The van der Waals surface area contributed by atoms with Crippen molar-refractivity contribution in [1.29, 1.82) is 0 Å². The Labute approximate surface area is 253 Å². The summed E-state index contributed by atoms with van der Waals surface area (Å²) in [5.41, 5.74) is 9.08. The number of rotatable bonds is 3. The maximum absolute atomic E-state index is 14.0. The molecular weight excluding hydrogens is 542 g/mol. The number of benzene rings is 3. The van der Waals surface area contributed by atoms with Gasteiger partial charge in [-0.15, -0.1) is 0 Å². The zero-order chi connectivity index (χ0) is 29.8. The van der Waals surface area contributed by atoms with Gasteiger partial charge in [-0.25, -0.2) is 0 Å². The molecule has 3 aromatic carbocycles. The number of carbonyl (C=O) groups excluding carboxylic acids is 1. The van der Waals surface area contributed by atoms with E-state index in [0.717, 1.165) is 74.9 Å². The average molecular weight is 582 g/mol. The number of amides is 1. The van der Waals surface area contributed by atoms with E-state index in [0.29, 0.717) is 52.5 Å². The van der Waals surface area contributed by atoms with E-state index in [1.165, 1.54) is 0 Å². The van der Waals surface area contributed by atoms with Crippen molar-refractivity contribution in [3.63, 3.8) is 0 Å². The van der Waals surface area contributed by atoms with E-state index in [1.54, 1.807) is 0 Å².